The van der Waals surface area contributed by atoms with Crippen LogP contribution in [0.4, 0.5) is 5.13 Å². The number of pyridine rings is 1. The highest BCUT2D eigenvalue weighted by Gasteiger charge is 2.24. The number of hydrogen-bond acceptors (Lipinski definition) is 6. The monoisotopic (exact) mass is 351 g/mol. The molecule has 0 aliphatic carbocycles. The van der Waals surface area contributed by atoms with E-state index < -0.39 is 0 Å². The standard InChI is InChI=1S/C18H17N5OS/c24-17(15-8-4-5-9-19-15)22-10-12-23(13-11-22)18-20-16(21-25-18)14-6-2-1-3-7-14/h1-9H,10-13H2. The van der Waals surface area contributed by atoms with E-state index in [2.05, 4.69) is 19.2 Å². The molecule has 3 heterocycles. The van der Waals surface area contributed by atoms with E-state index in [0.29, 0.717) is 18.8 Å². The summed E-state index contributed by atoms with van der Waals surface area (Å²) in [6, 6.07) is 15.4. The van der Waals surface area contributed by atoms with Gasteiger partial charge in [-0.2, -0.15) is 9.36 Å². The maximum Gasteiger partial charge on any atom is 0.272 e. The van der Waals surface area contributed by atoms with E-state index in [1.807, 2.05) is 47.4 Å². The van der Waals surface area contributed by atoms with E-state index in [-0.39, 0.29) is 5.91 Å². The van der Waals surface area contributed by atoms with Gasteiger partial charge in [-0.05, 0) is 12.1 Å². The van der Waals surface area contributed by atoms with Crippen LogP contribution in [0.2, 0.25) is 0 Å². The lowest BCUT2D eigenvalue weighted by molar-refractivity contribution is 0.0741. The average molecular weight is 351 g/mol. The van der Waals surface area contributed by atoms with E-state index in [1.54, 1.807) is 12.3 Å². The molecule has 0 unspecified atom stereocenters. The quantitative estimate of drug-likeness (QED) is 0.726. The number of rotatable bonds is 3. The van der Waals surface area contributed by atoms with Crippen LogP contribution < -0.4 is 4.90 Å². The Labute approximate surface area is 149 Å². The Hall–Kier alpha value is -2.80. The minimum Gasteiger partial charge on any atom is -0.343 e. The molecule has 1 saturated heterocycles. The Balaban J connectivity index is 1.41. The molecule has 4 rings (SSSR count). The lowest BCUT2D eigenvalue weighted by Crippen LogP contribution is -2.49. The molecule has 1 aromatic carbocycles. The molecule has 1 amide bonds. The minimum absolute atomic E-state index is 0.0116. The van der Waals surface area contributed by atoms with Crippen molar-refractivity contribution in [3.05, 3.63) is 60.4 Å². The molecule has 0 saturated carbocycles. The topological polar surface area (TPSA) is 62.2 Å². The zero-order valence-corrected chi connectivity index (χ0v) is 14.4. The summed E-state index contributed by atoms with van der Waals surface area (Å²) in [4.78, 5) is 25.3. The molecule has 7 heteroatoms. The van der Waals surface area contributed by atoms with Crippen molar-refractivity contribution in [3.63, 3.8) is 0 Å². The van der Waals surface area contributed by atoms with E-state index in [1.165, 1.54) is 11.5 Å². The Morgan fingerprint density at radius 1 is 0.960 bits per heavy atom. The van der Waals surface area contributed by atoms with Crippen LogP contribution in [0.5, 0.6) is 0 Å². The third-order valence-electron chi connectivity index (χ3n) is 4.17. The first-order valence-electron chi connectivity index (χ1n) is 8.15. The average Bonchev–Trinajstić information content (AvgIpc) is 3.19. The van der Waals surface area contributed by atoms with E-state index in [9.17, 15) is 4.79 Å². The summed E-state index contributed by atoms with van der Waals surface area (Å²) >= 11 is 1.41. The van der Waals surface area contributed by atoms with Crippen LogP contribution in [0.25, 0.3) is 11.4 Å². The summed E-state index contributed by atoms with van der Waals surface area (Å²) in [5, 5.41) is 0.906. The summed E-state index contributed by atoms with van der Waals surface area (Å²) in [6.45, 7) is 2.83. The van der Waals surface area contributed by atoms with E-state index in [4.69, 9.17) is 0 Å². The smallest absolute Gasteiger partial charge is 0.272 e. The Bertz CT molecular complexity index is 844. The van der Waals surface area contributed by atoms with Crippen molar-refractivity contribution >= 4 is 22.6 Å². The lowest BCUT2D eigenvalue weighted by atomic mass is 10.2. The molecule has 1 aliphatic heterocycles. The summed E-state index contributed by atoms with van der Waals surface area (Å²) < 4.78 is 4.46. The number of carbonyl (C=O) groups is 1. The van der Waals surface area contributed by atoms with E-state index >= 15 is 0 Å². The maximum absolute atomic E-state index is 12.5. The van der Waals surface area contributed by atoms with Crippen molar-refractivity contribution in [3.8, 4) is 11.4 Å². The van der Waals surface area contributed by atoms with Crippen LogP contribution >= 0.6 is 11.5 Å². The van der Waals surface area contributed by atoms with Crippen molar-refractivity contribution < 1.29 is 4.79 Å². The third kappa shape index (κ3) is 3.36. The predicted octanol–water partition coefficient (Wildman–Crippen LogP) is 2.56. The third-order valence-corrected chi connectivity index (χ3v) is 4.95. The molecule has 0 N–H and O–H groups in total. The van der Waals surface area contributed by atoms with Gasteiger partial charge >= 0.3 is 0 Å². The van der Waals surface area contributed by atoms with Gasteiger partial charge in [-0.3, -0.25) is 9.78 Å². The van der Waals surface area contributed by atoms with Gasteiger partial charge in [0.1, 0.15) is 5.69 Å². The second-order valence-electron chi connectivity index (χ2n) is 5.76. The zero-order valence-electron chi connectivity index (χ0n) is 13.6. The minimum atomic E-state index is -0.0116. The number of hydrogen-bond donors (Lipinski definition) is 0. The Morgan fingerprint density at radius 3 is 2.44 bits per heavy atom. The highest BCUT2D eigenvalue weighted by atomic mass is 32.1. The highest BCUT2D eigenvalue weighted by Crippen LogP contribution is 2.24. The van der Waals surface area contributed by atoms with Gasteiger partial charge < -0.3 is 9.80 Å². The lowest BCUT2D eigenvalue weighted by Gasteiger charge is -2.34. The fraction of sp³-hybridized carbons (Fsp3) is 0.222. The number of benzene rings is 1. The molecule has 0 atom stereocenters. The van der Waals surface area contributed by atoms with Crippen molar-refractivity contribution in [2.45, 2.75) is 0 Å². The molecular weight excluding hydrogens is 334 g/mol. The molecule has 3 aromatic rings. The molecule has 1 fully saturated rings. The normalized spacial score (nSPS) is 14.6. The van der Waals surface area contributed by atoms with Gasteiger partial charge in [0.25, 0.3) is 5.91 Å². The molecule has 2 aromatic heterocycles. The van der Waals surface area contributed by atoms with Crippen molar-refractivity contribution in [1.82, 2.24) is 19.2 Å². The fourth-order valence-electron chi connectivity index (χ4n) is 2.80. The van der Waals surface area contributed by atoms with Crippen molar-refractivity contribution in [2.75, 3.05) is 31.1 Å². The number of aromatic nitrogens is 3. The van der Waals surface area contributed by atoms with Gasteiger partial charge in [-0.25, -0.2) is 0 Å². The van der Waals surface area contributed by atoms with Crippen LogP contribution in [0.3, 0.4) is 0 Å². The van der Waals surface area contributed by atoms with Gasteiger partial charge in [-0.15, -0.1) is 0 Å². The number of amides is 1. The summed E-state index contributed by atoms with van der Waals surface area (Å²) in [5.74, 6) is 0.745. The number of carbonyl (C=O) groups excluding carboxylic acids is 1. The van der Waals surface area contributed by atoms with Gasteiger partial charge in [-0.1, -0.05) is 36.4 Å². The SMILES string of the molecule is O=C(c1ccccn1)N1CCN(c2nc(-c3ccccc3)ns2)CC1. The first kappa shape index (κ1) is 15.7. The molecule has 126 valence electrons. The van der Waals surface area contributed by atoms with Gasteiger partial charge in [0.15, 0.2) is 5.82 Å². The molecular formula is C18H17N5OS. The molecule has 1 aliphatic rings. The Kier molecular flexibility index (Phi) is 4.39. The molecule has 0 bridgehead atoms. The van der Waals surface area contributed by atoms with Crippen LogP contribution in [0.1, 0.15) is 10.5 Å². The first-order valence-corrected chi connectivity index (χ1v) is 8.93. The second-order valence-corrected chi connectivity index (χ2v) is 6.49. The zero-order chi connectivity index (χ0) is 17.1. The molecule has 0 spiro atoms. The van der Waals surface area contributed by atoms with Crippen LogP contribution in [0.15, 0.2) is 54.7 Å². The molecule has 25 heavy (non-hydrogen) atoms. The van der Waals surface area contributed by atoms with E-state index in [0.717, 1.165) is 29.6 Å². The largest absolute Gasteiger partial charge is 0.343 e. The Morgan fingerprint density at radius 2 is 1.72 bits per heavy atom. The summed E-state index contributed by atoms with van der Waals surface area (Å²) in [5.41, 5.74) is 1.52. The molecule has 0 radical (unpaired) electrons. The number of piperazine rings is 1. The summed E-state index contributed by atoms with van der Waals surface area (Å²) in [7, 11) is 0. The summed E-state index contributed by atoms with van der Waals surface area (Å²) in [6.07, 6.45) is 1.65. The van der Waals surface area contributed by atoms with Gasteiger partial charge in [0.2, 0.25) is 5.13 Å². The fourth-order valence-corrected chi connectivity index (χ4v) is 3.54. The first-order chi connectivity index (χ1) is 12.3. The van der Waals surface area contributed by atoms with Gasteiger partial charge in [0, 0.05) is 49.5 Å². The highest BCUT2D eigenvalue weighted by molar-refractivity contribution is 7.09. The van der Waals surface area contributed by atoms with Crippen LogP contribution in [0, 0.1) is 0 Å². The maximum atomic E-state index is 12.5. The predicted molar refractivity (Wildman–Crippen MR) is 97.7 cm³/mol. The number of anilines is 1. The van der Waals surface area contributed by atoms with Gasteiger partial charge in [0.05, 0.1) is 0 Å². The van der Waals surface area contributed by atoms with Crippen LogP contribution in [-0.2, 0) is 0 Å². The molecule has 6 nitrogen and oxygen atoms in total. The number of nitrogens with zero attached hydrogens (tertiary/aromatic N) is 5. The van der Waals surface area contributed by atoms with Crippen molar-refractivity contribution in [2.24, 2.45) is 0 Å². The van der Waals surface area contributed by atoms with Crippen molar-refractivity contribution in [1.29, 1.82) is 0 Å². The second kappa shape index (κ2) is 6.98. The van der Waals surface area contributed by atoms with Crippen LogP contribution in [-0.4, -0.2) is 51.3 Å².